The standard InChI is InChI=1S/C23H21N5O4/c1-31-16-6-3-14(4-7-16)19-11-20-25-18-9-10-27(13-17(18)23(30)28(20)26-19)22(29)15-5-8-21(32-2)24-12-15/h3-8,11-12,26H,9-10,13H2,1-2H3. The molecule has 0 saturated heterocycles. The van der Waals surface area contributed by atoms with E-state index in [0.29, 0.717) is 35.6 Å². The number of aromatic nitrogens is 4. The Morgan fingerprint density at radius 2 is 1.91 bits per heavy atom. The third-order valence-corrected chi connectivity index (χ3v) is 5.64. The first-order valence-electron chi connectivity index (χ1n) is 10.1. The van der Waals surface area contributed by atoms with Crippen LogP contribution in [0.5, 0.6) is 11.6 Å². The summed E-state index contributed by atoms with van der Waals surface area (Å²) in [7, 11) is 3.14. The Labute approximate surface area is 183 Å². The number of amides is 1. The number of rotatable bonds is 4. The van der Waals surface area contributed by atoms with Crippen molar-refractivity contribution in [3.63, 3.8) is 0 Å². The lowest BCUT2D eigenvalue weighted by Crippen LogP contribution is -2.40. The molecule has 0 fully saturated rings. The van der Waals surface area contributed by atoms with Crippen LogP contribution in [0, 0.1) is 0 Å². The minimum absolute atomic E-state index is 0.180. The lowest BCUT2D eigenvalue weighted by atomic mass is 10.1. The second-order valence-corrected chi connectivity index (χ2v) is 7.50. The lowest BCUT2D eigenvalue weighted by molar-refractivity contribution is 0.0732. The van der Waals surface area contributed by atoms with E-state index < -0.39 is 0 Å². The molecule has 4 aromatic rings. The quantitative estimate of drug-likeness (QED) is 0.532. The number of hydrogen-bond donors (Lipinski definition) is 1. The smallest absolute Gasteiger partial charge is 0.277 e. The number of aromatic amines is 1. The number of ether oxygens (including phenoxy) is 2. The van der Waals surface area contributed by atoms with Crippen molar-refractivity contribution in [1.29, 1.82) is 0 Å². The summed E-state index contributed by atoms with van der Waals surface area (Å²) in [5.74, 6) is 1.02. The third-order valence-electron chi connectivity index (χ3n) is 5.64. The van der Waals surface area contributed by atoms with Gasteiger partial charge < -0.3 is 14.4 Å². The molecule has 1 amide bonds. The van der Waals surface area contributed by atoms with Gasteiger partial charge in [0.05, 0.1) is 43.3 Å². The number of carbonyl (C=O) groups excluding carboxylic acids is 1. The molecule has 1 N–H and O–H groups in total. The van der Waals surface area contributed by atoms with Crippen LogP contribution in [0.4, 0.5) is 0 Å². The maximum Gasteiger partial charge on any atom is 0.277 e. The predicted molar refractivity (Wildman–Crippen MR) is 117 cm³/mol. The van der Waals surface area contributed by atoms with Crippen molar-refractivity contribution >= 4 is 11.6 Å². The van der Waals surface area contributed by atoms with Crippen LogP contribution in [-0.4, -0.2) is 51.2 Å². The van der Waals surface area contributed by atoms with E-state index in [4.69, 9.17) is 9.47 Å². The molecule has 1 aromatic carbocycles. The van der Waals surface area contributed by atoms with Crippen LogP contribution in [0.3, 0.4) is 0 Å². The molecule has 0 aliphatic carbocycles. The van der Waals surface area contributed by atoms with E-state index in [1.165, 1.54) is 17.8 Å². The van der Waals surface area contributed by atoms with Gasteiger partial charge in [-0.1, -0.05) is 0 Å². The average molecular weight is 431 g/mol. The first-order chi connectivity index (χ1) is 15.6. The Morgan fingerprint density at radius 1 is 1.09 bits per heavy atom. The minimum atomic E-state index is -0.199. The van der Waals surface area contributed by atoms with Crippen LogP contribution in [-0.2, 0) is 13.0 Å². The van der Waals surface area contributed by atoms with Gasteiger partial charge in [-0.15, -0.1) is 0 Å². The molecular weight excluding hydrogens is 410 g/mol. The van der Waals surface area contributed by atoms with Crippen LogP contribution in [0.1, 0.15) is 21.6 Å². The average Bonchev–Trinajstić information content (AvgIpc) is 3.28. The minimum Gasteiger partial charge on any atom is -0.497 e. The maximum atomic E-state index is 13.2. The fourth-order valence-electron chi connectivity index (χ4n) is 3.88. The molecular formula is C23H21N5O4. The Balaban J connectivity index is 1.46. The Bertz CT molecular complexity index is 1360. The number of H-pyrrole nitrogens is 1. The van der Waals surface area contributed by atoms with Gasteiger partial charge in [0.1, 0.15) is 5.75 Å². The molecule has 4 heterocycles. The molecule has 0 atom stereocenters. The molecule has 1 aliphatic heterocycles. The van der Waals surface area contributed by atoms with E-state index in [-0.39, 0.29) is 18.0 Å². The molecule has 5 rings (SSSR count). The molecule has 9 heteroatoms. The second kappa shape index (κ2) is 7.84. The largest absolute Gasteiger partial charge is 0.497 e. The van der Waals surface area contributed by atoms with Gasteiger partial charge in [0.25, 0.3) is 11.5 Å². The van der Waals surface area contributed by atoms with E-state index in [0.717, 1.165) is 22.7 Å². The van der Waals surface area contributed by atoms with E-state index in [2.05, 4.69) is 15.1 Å². The van der Waals surface area contributed by atoms with Crippen molar-refractivity contribution in [2.75, 3.05) is 20.8 Å². The summed E-state index contributed by atoms with van der Waals surface area (Å²) in [6.07, 6.45) is 2.00. The van der Waals surface area contributed by atoms with Crippen LogP contribution >= 0.6 is 0 Å². The number of hydrogen-bond acceptors (Lipinski definition) is 6. The van der Waals surface area contributed by atoms with Gasteiger partial charge in [-0.05, 0) is 35.9 Å². The summed E-state index contributed by atoms with van der Waals surface area (Å²) >= 11 is 0. The molecule has 1 aliphatic rings. The molecule has 9 nitrogen and oxygen atoms in total. The van der Waals surface area contributed by atoms with Gasteiger partial charge in [-0.2, -0.15) is 0 Å². The highest BCUT2D eigenvalue weighted by atomic mass is 16.5. The number of methoxy groups -OCH3 is 2. The molecule has 162 valence electrons. The first kappa shape index (κ1) is 19.8. The van der Waals surface area contributed by atoms with Crippen molar-refractivity contribution in [2.24, 2.45) is 0 Å². The number of pyridine rings is 1. The topological polar surface area (TPSA) is 102 Å². The molecule has 0 bridgehead atoms. The lowest BCUT2D eigenvalue weighted by Gasteiger charge is -2.27. The number of fused-ring (bicyclic) bond motifs is 2. The number of nitrogens with zero attached hydrogens (tertiary/aromatic N) is 4. The summed E-state index contributed by atoms with van der Waals surface area (Å²) < 4.78 is 11.7. The van der Waals surface area contributed by atoms with Crippen molar-refractivity contribution < 1.29 is 14.3 Å². The molecule has 0 unspecified atom stereocenters. The zero-order chi connectivity index (χ0) is 22.2. The van der Waals surface area contributed by atoms with Crippen LogP contribution < -0.4 is 15.0 Å². The van der Waals surface area contributed by atoms with Crippen LogP contribution in [0.15, 0.2) is 53.5 Å². The van der Waals surface area contributed by atoms with Crippen molar-refractivity contribution in [2.45, 2.75) is 13.0 Å². The van der Waals surface area contributed by atoms with Gasteiger partial charge >= 0.3 is 0 Å². The molecule has 0 spiro atoms. The Morgan fingerprint density at radius 3 is 2.59 bits per heavy atom. The highest BCUT2D eigenvalue weighted by Crippen LogP contribution is 2.23. The van der Waals surface area contributed by atoms with Gasteiger partial charge in [-0.25, -0.2) is 14.5 Å². The van der Waals surface area contributed by atoms with Crippen LogP contribution in [0.25, 0.3) is 16.9 Å². The molecule has 3 aromatic heterocycles. The highest BCUT2D eigenvalue weighted by molar-refractivity contribution is 5.94. The first-order valence-corrected chi connectivity index (χ1v) is 10.1. The summed E-state index contributed by atoms with van der Waals surface area (Å²) in [6.45, 7) is 0.683. The van der Waals surface area contributed by atoms with Gasteiger partial charge in [0.15, 0.2) is 5.65 Å². The van der Waals surface area contributed by atoms with Gasteiger partial charge in [0, 0.05) is 31.3 Å². The van der Waals surface area contributed by atoms with Gasteiger partial charge in [0.2, 0.25) is 5.88 Å². The van der Waals surface area contributed by atoms with Crippen molar-refractivity contribution in [3.05, 3.63) is 75.8 Å². The Hall–Kier alpha value is -4.14. The fourth-order valence-corrected chi connectivity index (χ4v) is 3.88. The monoisotopic (exact) mass is 431 g/mol. The number of nitrogens with one attached hydrogen (secondary N) is 1. The summed E-state index contributed by atoms with van der Waals surface area (Å²) in [4.78, 5) is 36.6. The zero-order valence-electron chi connectivity index (χ0n) is 17.7. The second-order valence-electron chi connectivity index (χ2n) is 7.50. The van der Waals surface area contributed by atoms with Crippen molar-refractivity contribution in [3.8, 4) is 22.9 Å². The Kier molecular flexibility index (Phi) is 4.85. The van der Waals surface area contributed by atoms with Crippen LogP contribution in [0.2, 0.25) is 0 Å². The fraction of sp³-hybridized carbons (Fsp3) is 0.217. The van der Waals surface area contributed by atoms with Crippen molar-refractivity contribution in [1.82, 2.24) is 24.5 Å². The van der Waals surface area contributed by atoms with Gasteiger partial charge in [-0.3, -0.25) is 14.7 Å². The third kappa shape index (κ3) is 3.37. The SMILES string of the molecule is COc1ccc(-c2cc3nc4c(c(=O)n3[nH]2)CN(C(=O)c2ccc(OC)nc2)CC4)cc1. The normalized spacial score (nSPS) is 13.1. The molecule has 0 radical (unpaired) electrons. The summed E-state index contributed by atoms with van der Waals surface area (Å²) in [6, 6.07) is 12.7. The van der Waals surface area contributed by atoms with E-state index >= 15 is 0 Å². The number of carbonyl (C=O) groups is 1. The predicted octanol–water partition coefficient (Wildman–Crippen LogP) is 2.30. The summed E-state index contributed by atoms with van der Waals surface area (Å²) in [5, 5.41) is 3.13. The van der Waals surface area contributed by atoms with E-state index in [1.54, 1.807) is 24.1 Å². The number of benzene rings is 1. The van der Waals surface area contributed by atoms with E-state index in [1.807, 2.05) is 30.3 Å². The maximum absolute atomic E-state index is 13.2. The summed E-state index contributed by atoms with van der Waals surface area (Å²) in [5.41, 5.74) is 3.74. The van der Waals surface area contributed by atoms with E-state index in [9.17, 15) is 9.59 Å². The molecule has 32 heavy (non-hydrogen) atoms. The zero-order valence-corrected chi connectivity index (χ0v) is 17.7. The highest BCUT2D eigenvalue weighted by Gasteiger charge is 2.26. The molecule has 0 saturated carbocycles.